The molecule has 138 valence electrons. The topological polar surface area (TPSA) is 67.2 Å². The van der Waals surface area contributed by atoms with Gasteiger partial charge in [-0.3, -0.25) is 14.9 Å². The highest BCUT2D eigenvalue weighted by Crippen LogP contribution is 2.24. The van der Waals surface area contributed by atoms with E-state index in [4.69, 9.17) is 0 Å². The molecule has 1 fully saturated rings. The number of nitrogens with zero attached hydrogens (tertiary/aromatic N) is 3. The summed E-state index contributed by atoms with van der Waals surface area (Å²) in [4.78, 5) is 31.1. The van der Waals surface area contributed by atoms with Crippen LogP contribution in [0.15, 0.2) is 48.5 Å². The number of para-hydroxylation sites is 2. The van der Waals surface area contributed by atoms with E-state index < -0.39 is 0 Å². The minimum Gasteiger partial charge on any atom is -0.312 e. The van der Waals surface area contributed by atoms with Crippen molar-refractivity contribution in [2.45, 2.75) is 32.7 Å². The molecule has 2 heterocycles. The first-order chi connectivity index (χ1) is 13.2. The summed E-state index contributed by atoms with van der Waals surface area (Å²) in [6.45, 7) is 3.57. The highest BCUT2D eigenvalue weighted by Gasteiger charge is 2.22. The van der Waals surface area contributed by atoms with Gasteiger partial charge in [0, 0.05) is 30.8 Å². The van der Waals surface area contributed by atoms with Crippen molar-refractivity contribution in [1.82, 2.24) is 9.55 Å². The van der Waals surface area contributed by atoms with Crippen LogP contribution in [0.2, 0.25) is 0 Å². The summed E-state index contributed by atoms with van der Waals surface area (Å²) in [6, 6.07) is 15.1. The van der Waals surface area contributed by atoms with Gasteiger partial charge >= 0.3 is 0 Å². The molecular weight excluding hydrogens is 340 g/mol. The molecule has 1 saturated heterocycles. The summed E-state index contributed by atoms with van der Waals surface area (Å²) < 4.78 is 2.03. The van der Waals surface area contributed by atoms with Crippen LogP contribution in [0.25, 0.3) is 11.0 Å². The van der Waals surface area contributed by atoms with Gasteiger partial charge in [-0.2, -0.15) is 0 Å². The summed E-state index contributed by atoms with van der Waals surface area (Å²) in [5.74, 6) is 0.430. The van der Waals surface area contributed by atoms with Gasteiger partial charge in [0.25, 0.3) is 5.91 Å². The molecule has 4 rings (SSSR count). The zero-order valence-corrected chi connectivity index (χ0v) is 15.3. The normalized spacial score (nSPS) is 14.1. The van der Waals surface area contributed by atoms with Gasteiger partial charge in [-0.25, -0.2) is 4.98 Å². The highest BCUT2D eigenvalue weighted by atomic mass is 16.2. The highest BCUT2D eigenvalue weighted by molar-refractivity contribution is 6.05. The van der Waals surface area contributed by atoms with Crippen LogP contribution in [0.3, 0.4) is 0 Å². The third kappa shape index (κ3) is 3.30. The van der Waals surface area contributed by atoms with E-state index in [-0.39, 0.29) is 11.8 Å². The van der Waals surface area contributed by atoms with Crippen molar-refractivity contribution in [2.75, 3.05) is 16.8 Å². The van der Waals surface area contributed by atoms with Crippen LogP contribution < -0.4 is 10.2 Å². The molecule has 2 amide bonds. The fraction of sp³-hybridized carbons (Fsp3) is 0.286. The number of rotatable bonds is 5. The predicted octanol–water partition coefficient (Wildman–Crippen LogP) is 3.83. The average molecular weight is 362 g/mol. The fourth-order valence-electron chi connectivity index (χ4n) is 3.53. The van der Waals surface area contributed by atoms with E-state index in [2.05, 4.69) is 17.2 Å². The van der Waals surface area contributed by atoms with E-state index in [9.17, 15) is 9.59 Å². The Kier molecular flexibility index (Phi) is 4.62. The lowest BCUT2D eigenvalue weighted by molar-refractivity contribution is -0.117. The van der Waals surface area contributed by atoms with Gasteiger partial charge in [0.1, 0.15) is 0 Å². The number of imidazole rings is 1. The van der Waals surface area contributed by atoms with Crippen LogP contribution in [0.5, 0.6) is 0 Å². The number of aromatic nitrogens is 2. The maximum Gasteiger partial charge on any atom is 0.258 e. The molecule has 1 aliphatic heterocycles. The van der Waals surface area contributed by atoms with E-state index in [1.165, 1.54) is 0 Å². The predicted molar refractivity (Wildman–Crippen MR) is 106 cm³/mol. The third-order valence-corrected chi connectivity index (χ3v) is 4.82. The van der Waals surface area contributed by atoms with Crippen molar-refractivity contribution in [3.05, 3.63) is 54.1 Å². The largest absolute Gasteiger partial charge is 0.312 e. The lowest BCUT2D eigenvalue weighted by Gasteiger charge is -2.16. The molecule has 6 nitrogen and oxygen atoms in total. The maximum atomic E-state index is 12.8. The van der Waals surface area contributed by atoms with Gasteiger partial charge in [-0.15, -0.1) is 0 Å². The Morgan fingerprint density at radius 3 is 2.81 bits per heavy atom. The van der Waals surface area contributed by atoms with E-state index in [0.29, 0.717) is 24.5 Å². The van der Waals surface area contributed by atoms with Crippen molar-refractivity contribution in [3.63, 3.8) is 0 Å². The van der Waals surface area contributed by atoms with Gasteiger partial charge < -0.3 is 9.47 Å². The van der Waals surface area contributed by atoms with E-state index >= 15 is 0 Å². The lowest BCUT2D eigenvalue weighted by atomic mass is 10.2. The second-order valence-electron chi connectivity index (χ2n) is 6.73. The first-order valence-corrected chi connectivity index (χ1v) is 9.34. The molecule has 3 aromatic rings. The first kappa shape index (κ1) is 17.3. The standard InChI is InChI=1S/C21H22N4O2/c1-2-12-25-18-10-4-3-9-17(18)22-21(25)23-20(27)15-7-5-8-16(14-15)24-13-6-11-19(24)26/h3-5,7-10,14H,2,6,11-13H2,1H3,(H,22,23,27). The van der Waals surface area contributed by atoms with Crippen molar-refractivity contribution >= 4 is 34.5 Å². The zero-order valence-electron chi connectivity index (χ0n) is 15.3. The Morgan fingerprint density at radius 1 is 1.19 bits per heavy atom. The molecule has 1 aliphatic rings. The van der Waals surface area contributed by atoms with Crippen LogP contribution in [0.4, 0.5) is 11.6 Å². The molecule has 0 aliphatic carbocycles. The number of anilines is 2. The Morgan fingerprint density at radius 2 is 2.04 bits per heavy atom. The first-order valence-electron chi connectivity index (χ1n) is 9.34. The van der Waals surface area contributed by atoms with Crippen molar-refractivity contribution in [3.8, 4) is 0 Å². The number of amides is 2. The summed E-state index contributed by atoms with van der Waals surface area (Å²) in [5.41, 5.74) is 3.15. The summed E-state index contributed by atoms with van der Waals surface area (Å²) in [6.07, 6.45) is 2.36. The fourth-order valence-corrected chi connectivity index (χ4v) is 3.53. The number of benzene rings is 2. The molecule has 1 N–H and O–H groups in total. The Labute approximate surface area is 157 Å². The van der Waals surface area contributed by atoms with Gasteiger partial charge in [0.05, 0.1) is 11.0 Å². The van der Waals surface area contributed by atoms with Crippen molar-refractivity contribution in [2.24, 2.45) is 0 Å². The quantitative estimate of drug-likeness (QED) is 0.750. The van der Waals surface area contributed by atoms with Gasteiger partial charge in [-0.1, -0.05) is 25.1 Å². The lowest BCUT2D eigenvalue weighted by Crippen LogP contribution is -2.24. The van der Waals surface area contributed by atoms with E-state index in [0.717, 1.165) is 36.1 Å². The Bertz CT molecular complexity index is 1010. The number of nitrogens with one attached hydrogen (secondary N) is 1. The zero-order chi connectivity index (χ0) is 18.8. The minimum absolute atomic E-state index is 0.109. The summed E-state index contributed by atoms with van der Waals surface area (Å²) >= 11 is 0. The third-order valence-electron chi connectivity index (χ3n) is 4.82. The van der Waals surface area contributed by atoms with E-state index in [1.54, 1.807) is 17.0 Å². The molecule has 2 aromatic carbocycles. The van der Waals surface area contributed by atoms with Gasteiger partial charge in [-0.05, 0) is 43.2 Å². The number of aryl methyl sites for hydroxylation is 1. The smallest absolute Gasteiger partial charge is 0.258 e. The Hall–Kier alpha value is -3.15. The maximum absolute atomic E-state index is 12.8. The molecular formula is C21H22N4O2. The second kappa shape index (κ2) is 7.23. The van der Waals surface area contributed by atoms with E-state index in [1.807, 2.05) is 41.0 Å². The van der Waals surface area contributed by atoms with Gasteiger partial charge in [0.2, 0.25) is 11.9 Å². The molecule has 0 atom stereocenters. The van der Waals surface area contributed by atoms with Crippen LogP contribution >= 0.6 is 0 Å². The molecule has 0 spiro atoms. The number of hydrogen-bond donors (Lipinski definition) is 1. The second-order valence-corrected chi connectivity index (χ2v) is 6.73. The molecule has 1 aromatic heterocycles. The molecule has 0 bridgehead atoms. The van der Waals surface area contributed by atoms with Crippen LogP contribution in [-0.2, 0) is 11.3 Å². The number of hydrogen-bond acceptors (Lipinski definition) is 3. The minimum atomic E-state index is -0.226. The summed E-state index contributed by atoms with van der Waals surface area (Å²) in [7, 11) is 0. The molecule has 0 unspecified atom stereocenters. The molecule has 27 heavy (non-hydrogen) atoms. The van der Waals surface area contributed by atoms with Gasteiger partial charge in [0.15, 0.2) is 0 Å². The monoisotopic (exact) mass is 362 g/mol. The van der Waals surface area contributed by atoms with Crippen molar-refractivity contribution in [1.29, 1.82) is 0 Å². The van der Waals surface area contributed by atoms with Crippen LogP contribution in [0, 0.1) is 0 Å². The molecule has 0 radical (unpaired) electrons. The number of carbonyl (C=O) groups is 2. The van der Waals surface area contributed by atoms with Crippen LogP contribution in [-0.4, -0.2) is 27.9 Å². The molecule has 0 saturated carbocycles. The number of fused-ring (bicyclic) bond motifs is 1. The molecule has 6 heteroatoms. The summed E-state index contributed by atoms with van der Waals surface area (Å²) in [5, 5.41) is 2.94. The SMILES string of the molecule is CCCn1c(NC(=O)c2cccc(N3CCCC3=O)c2)nc2ccccc21. The number of carbonyl (C=O) groups excluding carboxylic acids is 2. The van der Waals surface area contributed by atoms with Crippen molar-refractivity contribution < 1.29 is 9.59 Å². The van der Waals surface area contributed by atoms with Crippen LogP contribution in [0.1, 0.15) is 36.5 Å². The average Bonchev–Trinajstić information content (AvgIpc) is 3.26. The Balaban J connectivity index is 1.62.